The third-order valence-electron chi connectivity index (χ3n) is 5.33. The van der Waals surface area contributed by atoms with Gasteiger partial charge in [-0.1, -0.05) is 26.0 Å². The molecule has 0 radical (unpaired) electrons. The van der Waals surface area contributed by atoms with Gasteiger partial charge in [-0.25, -0.2) is 9.37 Å². The normalized spacial score (nSPS) is 13.3. The number of benzene rings is 1. The van der Waals surface area contributed by atoms with Gasteiger partial charge in [0.25, 0.3) is 5.91 Å². The molecule has 3 aromatic rings. The first-order chi connectivity index (χ1) is 15.4. The Kier molecular flexibility index (Phi) is 6.66. The summed E-state index contributed by atoms with van der Waals surface area (Å²) in [6.45, 7) is 5.81. The van der Waals surface area contributed by atoms with Gasteiger partial charge in [0, 0.05) is 23.5 Å². The number of halogens is 1. The van der Waals surface area contributed by atoms with E-state index in [-0.39, 0.29) is 29.7 Å². The number of amides is 1. The molecular formula is C23H27FN6OS. The quantitative estimate of drug-likeness (QED) is 0.369. The number of hydrogen-bond acceptors (Lipinski definition) is 7. The zero-order chi connectivity index (χ0) is 22.6. The first-order valence-corrected chi connectivity index (χ1v) is 11.5. The molecule has 9 heteroatoms. The van der Waals surface area contributed by atoms with Crippen LogP contribution in [0.2, 0.25) is 0 Å². The largest absolute Gasteiger partial charge is 0.364 e. The summed E-state index contributed by atoms with van der Waals surface area (Å²) in [5.41, 5.74) is 2.59. The Bertz CT molecular complexity index is 1060. The SMILES string of the molecule is CC(C)(CNCCC1Nc2ccccc2N1)c1nc(C(=O)NCc2ncccc2F)cs1. The molecule has 2 aromatic heterocycles. The predicted molar refractivity (Wildman–Crippen MR) is 125 cm³/mol. The van der Waals surface area contributed by atoms with Gasteiger partial charge in [-0.3, -0.25) is 9.78 Å². The van der Waals surface area contributed by atoms with E-state index in [4.69, 9.17) is 0 Å². The second-order valence-corrected chi connectivity index (χ2v) is 9.25. The molecule has 4 N–H and O–H groups in total. The molecule has 0 fully saturated rings. The van der Waals surface area contributed by atoms with E-state index in [0.29, 0.717) is 5.69 Å². The lowest BCUT2D eigenvalue weighted by Crippen LogP contribution is -2.36. The highest BCUT2D eigenvalue weighted by Gasteiger charge is 2.26. The van der Waals surface area contributed by atoms with Crippen molar-refractivity contribution >= 4 is 28.6 Å². The second-order valence-electron chi connectivity index (χ2n) is 8.39. The van der Waals surface area contributed by atoms with Gasteiger partial charge in [-0.2, -0.15) is 0 Å². The molecule has 3 heterocycles. The standard InChI is InChI=1S/C23H27FN6OS/c1-23(2,14-25-11-9-20-28-16-7-3-4-8-17(16)29-20)22-30-19(13-32-22)21(31)27-12-18-15(24)6-5-10-26-18/h3-8,10,13,20,25,28-29H,9,11-12,14H2,1-2H3,(H,27,31). The number of aromatic nitrogens is 2. The third-order valence-corrected chi connectivity index (χ3v) is 6.54. The minimum atomic E-state index is -0.439. The fourth-order valence-corrected chi connectivity index (χ4v) is 4.43. The van der Waals surface area contributed by atoms with Crippen molar-refractivity contribution in [2.45, 2.75) is 38.4 Å². The number of nitrogens with zero attached hydrogens (tertiary/aromatic N) is 2. The van der Waals surface area contributed by atoms with Crippen LogP contribution in [-0.2, 0) is 12.0 Å². The molecule has 1 amide bonds. The number of thiazole rings is 1. The fourth-order valence-electron chi connectivity index (χ4n) is 3.51. The van der Waals surface area contributed by atoms with Gasteiger partial charge in [0.2, 0.25) is 0 Å². The Morgan fingerprint density at radius 3 is 2.66 bits per heavy atom. The topological polar surface area (TPSA) is 91.0 Å². The first kappa shape index (κ1) is 22.2. The van der Waals surface area contributed by atoms with Crippen LogP contribution in [0.25, 0.3) is 0 Å². The van der Waals surface area contributed by atoms with Crippen molar-refractivity contribution in [3.63, 3.8) is 0 Å². The number of pyridine rings is 1. The molecular weight excluding hydrogens is 427 g/mol. The Hall–Kier alpha value is -3.04. The van der Waals surface area contributed by atoms with Crippen molar-refractivity contribution in [3.8, 4) is 0 Å². The Morgan fingerprint density at radius 1 is 1.19 bits per heavy atom. The lowest BCUT2D eigenvalue weighted by Gasteiger charge is -2.23. The minimum absolute atomic E-state index is 0.0242. The molecule has 0 saturated carbocycles. The lowest BCUT2D eigenvalue weighted by atomic mass is 9.94. The predicted octanol–water partition coefficient (Wildman–Crippen LogP) is 3.73. The monoisotopic (exact) mass is 454 g/mol. The van der Waals surface area contributed by atoms with Gasteiger partial charge in [0.1, 0.15) is 16.5 Å². The van der Waals surface area contributed by atoms with E-state index in [9.17, 15) is 9.18 Å². The molecule has 1 aliphatic heterocycles. The number of nitrogens with one attached hydrogen (secondary N) is 4. The molecule has 1 aromatic carbocycles. The molecule has 7 nitrogen and oxygen atoms in total. The summed E-state index contributed by atoms with van der Waals surface area (Å²) in [4.78, 5) is 20.9. The fraction of sp³-hybridized carbons (Fsp3) is 0.348. The van der Waals surface area contributed by atoms with Crippen LogP contribution in [0.1, 0.15) is 41.5 Å². The highest BCUT2D eigenvalue weighted by molar-refractivity contribution is 7.10. The summed E-state index contributed by atoms with van der Waals surface area (Å²) in [6.07, 6.45) is 2.64. The first-order valence-electron chi connectivity index (χ1n) is 10.6. The summed E-state index contributed by atoms with van der Waals surface area (Å²) in [5, 5.41) is 15.8. The zero-order valence-electron chi connectivity index (χ0n) is 18.1. The van der Waals surface area contributed by atoms with E-state index in [2.05, 4.69) is 57.2 Å². The summed E-state index contributed by atoms with van der Waals surface area (Å²) < 4.78 is 13.7. The summed E-state index contributed by atoms with van der Waals surface area (Å²) >= 11 is 1.46. The Labute approximate surface area is 190 Å². The smallest absolute Gasteiger partial charge is 0.271 e. The van der Waals surface area contributed by atoms with Crippen LogP contribution in [0, 0.1) is 5.82 Å². The van der Waals surface area contributed by atoms with E-state index in [1.54, 1.807) is 5.38 Å². The van der Waals surface area contributed by atoms with Crippen molar-refractivity contribution in [2.75, 3.05) is 23.7 Å². The van der Waals surface area contributed by atoms with Crippen molar-refractivity contribution in [1.29, 1.82) is 0 Å². The number of carbonyl (C=O) groups is 1. The summed E-state index contributed by atoms with van der Waals surface area (Å²) in [7, 11) is 0. The van der Waals surface area contributed by atoms with Gasteiger partial charge < -0.3 is 21.3 Å². The Morgan fingerprint density at radius 2 is 1.94 bits per heavy atom. The maximum Gasteiger partial charge on any atom is 0.271 e. The van der Waals surface area contributed by atoms with E-state index in [0.717, 1.165) is 35.9 Å². The molecule has 168 valence electrons. The highest BCUT2D eigenvalue weighted by atomic mass is 32.1. The summed E-state index contributed by atoms with van der Waals surface area (Å²) in [6, 6.07) is 11.0. The van der Waals surface area contributed by atoms with Gasteiger partial charge in [-0.15, -0.1) is 11.3 Å². The van der Waals surface area contributed by atoms with Crippen LogP contribution >= 0.6 is 11.3 Å². The van der Waals surface area contributed by atoms with Crippen LogP contribution in [-0.4, -0.2) is 35.1 Å². The van der Waals surface area contributed by atoms with Crippen molar-refractivity contribution in [2.24, 2.45) is 0 Å². The third kappa shape index (κ3) is 5.23. The number of fused-ring (bicyclic) bond motifs is 1. The van der Waals surface area contributed by atoms with E-state index >= 15 is 0 Å². The Balaban J connectivity index is 1.23. The lowest BCUT2D eigenvalue weighted by molar-refractivity contribution is 0.0945. The number of carbonyl (C=O) groups excluding carboxylic acids is 1. The van der Waals surface area contributed by atoms with Gasteiger partial charge in [0.05, 0.1) is 29.8 Å². The number of anilines is 2. The van der Waals surface area contributed by atoms with Crippen molar-refractivity contribution in [3.05, 3.63) is 70.2 Å². The van der Waals surface area contributed by atoms with E-state index in [1.807, 2.05) is 12.1 Å². The van der Waals surface area contributed by atoms with Crippen molar-refractivity contribution < 1.29 is 9.18 Å². The molecule has 0 spiro atoms. The van der Waals surface area contributed by atoms with Gasteiger partial charge in [-0.05, 0) is 37.2 Å². The van der Waals surface area contributed by atoms with Crippen LogP contribution in [0.15, 0.2) is 48.0 Å². The maximum absolute atomic E-state index is 13.7. The van der Waals surface area contributed by atoms with Crippen LogP contribution in [0.3, 0.4) is 0 Å². The molecule has 1 aliphatic rings. The van der Waals surface area contributed by atoms with Crippen LogP contribution in [0.4, 0.5) is 15.8 Å². The average molecular weight is 455 g/mol. The van der Waals surface area contributed by atoms with Gasteiger partial charge in [0.15, 0.2) is 0 Å². The number of hydrogen-bond donors (Lipinski definition) is 4. The molecule has 0 aliphatic carbocycles. The minimum Gasteiger partial charge on any atom is -0.364 e. The molecule has 0 saturated heterocycles. The molecule has 0 unspecified atom stereocenters. The average Bonchev–Trinajstić information content (AvgIpc) is 3.43. The molecule has 0 bridgehead atoms. The zero-order valence-corrected chi connectivity index (χ0v) is 18.9. The van der Waals surface area contributed by atoms with Crippen molar-refractivity contribution in [1.82, 2.24) is 20.6 Å². The summed E-state index contributed by atoms with van der Waals surface area (Å²) in [5.74, 6) is -0.773. The maximum atomic E-state index is 13.7. The van der Waals surface area contributed by atoms with E-state index in [1.165, 1.54) is 29.7 Å². The molecule has 32 heavy (non-hydrogen) atoms. The number of para-hydroxylation sites is 2. The number of rotatable bonds is 9. The van der Waals surface area contributed by atoms with Gasteiger partial charge >= 0.3 is 0 Å². The van der Waals surface area contributed by atoms with Crippen LogP contribution < -0.4 is 21.3 Å². The second kappa shape index (κ2) is 9.62. The molecule has 0 atom stereocenters. The van der Waals surface area contributed by atoms with E-state index < -0.39 is 5.82 Å². The molecule has 4 rings (SSSR count). The highest BCUT2D eigenvalue weighted by Crippen LogP contribution is 2.29. The van der Waals surface area contributed by atoms with Crippen LogP contribution in [0.5, 0.6) is 0 Å².